The zero-order chi connectivity index (χ0) is 23.2. The molecule has 0 fully saturated rings. The molecule has 0 saturated carbocycles. The van der Waals surface area contributed by atoms with E-state index in [2.05, 4.69) is 19.1 Å². The van der Waals surface area contributed by atoms with Crippen LogP contribution in [0.25, 0.3) is 0 Å². The fraction of sp³-hybridized carbons (Fsp3) is 0.840. The van der Waals surface area contributed by atoms with E-state index in [4.69, 9.17) is 10.2 Å². The second-order valence-electron chi connectivity index (χ2n) is 8.44. The Labute approximate surface area is 194 Å². The van der Waals surface area contributed by atoms with Crippen molar-refractivity contribution in [3.05, 3.63) is 12.2 Å². The van der Waals surface area contributed by atoms with E-state index in [1.807, 2.05) is 0 Å². The Morgan fingerprint density at radius 3 is 1.94 bits per heavy atom. The molecule has 0 aromatic rings. The largest absolute Gasteiger partial charge is 0.481 e. The Hall–Kier alpha value is -1.01. The topological polar surface area (TPSA) is 94.8 Å². The first kappa shape index (κ1) is 30.0. The van der Waals surface area contributed by atoms with Crippen molar-refractivity contribution in [3.63, 3.8) is 0 Å². The maximum atomic E-state index is 10.7. The number of hydrogen-bond acceptors (Lipinski definition) is 4. The van der Waals surface area contributed by atoms with Crippen molar-refractivity contribution in [2.45, 2.75) is 127 Å². The summed E-state index contributed by atoms with van der Waals surface area (Å²) >= 11 is 1.70. The number of carboxylic acids is 2. The number of carbonyl (C=O) groups is 2. The standard InChI is InChI=1S/C25H46O5S/c1-2-3-4-5-6-7-8-9-10-11-13-18-23(22(26)17-16-20-25(29)30)31-21-15-12-14-19-24(27)28/h13,18,22-23,26H,2-12,14-17,19-21H2,1H3,(H,27,28)(H,29,30)/t22-,23+/m0/s1. The smallest absolute Gasteiger partial charge is 0.303 e. The summed E-state index contributed by atoms with van der Waals surface area (Å²) in [6.07, 6.45) is 20.3. The normalized spacial score (nSPS) is 13.5. The van der Waals surface area contributed by atoms with Gasteiger partial charge in [-0.2, -0.15) is 11.8 Å². The first-order chi connectivity index (χ1) is 15.0. The van der Waals surface area contributed by atoms with Crippen molar-refractivity contribution >= 4 is 23.7 Å². The van der Waals surface area contributed by atoms with Gasteiger partial charge in [-0.25, -0.2) is 0 Å². The van der Waals surface area contributed by atoms with E-state index in [9.17, 15) is 14.7 Å². The van der Waals surface area contributed by atoms with Crippen LogP contribution in [0.2, 0.25) is 0 Å². The van der Waals surface area contributed by atoms with E-state index < -0.39 is 18.0 Å². The fourth-order valence-corrected chi connectivity index (χ4v) is 4.72. The minimum absolute atomic E-state index is 0.0214. The Morgan fingerprint density at radius 2 is 1.32 bits per heavy atom. The lowest BCUT2D eigenvalue weighted by molar-refractivity contribution is -0.138. The van der Waals surface area contributed by atoms with Gasteiger partial charge in [-0.1, -0.05) is 76.9 Å². The molecule has 6 heteroatoms. The molecule has 0 aromatic heterocycles. The van der Waals surface area contributed by atoms with E-state index >= 15 is 0 Å². The van der Waals surface area contributed by atoms with Gasteiger partial charge in [-0.3, -0.25) is 9.59 Å². The molecule has 0 amide bonds. The zero-order valence-corrected chi connectivity index (χ0v) is 20.4. The average Bonchev–Trinajstić information content (AvgIpc) is 2.72. The van der Waals surface area contributed by atoms with Crippen LogP contribution in [0, 0.1) is 0 Å². The van der Waals surface area contributed by atoms with Gasteiger partial charge < -0.3 is 15.3 Å². The molecule has 0 aromatic carbocycles. The molecule has 3 N–H and O–H groups in total. The molecule has 0 bridgehead atoms. The lowest BCUT2D eigenvalue weighted by Gasteiger charge is -2.19. The molecule has 0 spiro atoms. The van der Waals surface area contributed by atoms with Crippen LogP contribution >= 0.6 is 11.8 Å². The minimum Gasteiger partial charge on any atom is -0.481 e. The maximum absolute atomic E-state index is 10.7. The van der Waals surface area contributed by atoms with Crippen LogP contribution in [0.1, 0.15) is 116 Å². The molecule has 0 aliphatic rings. The average molecular weight is 459 g/mol. The summed E-state index contributed by atoms with van der Waals surface area (Å²) in [4.78, 5) is 21.3. The number of hydrogen-bond donors (Lipinski definition) is 3. The first-order valence-electron chi connectivity index (χ1n) is 12.4. The number of aliphatic carboxylic acids is 2. The monoisotopic (exact) mass is 458 g/mol. The van der Waals surface area contributed by atoms with Crippen LogP contribution < -0.4 is 0 Å². The quantitative estimate of drug-likeness (QED) is 0.115. The second-order valence-corrected chi connectivity index (χ2v) is 9.72. The zero-order valence-electron chi connectivity index (χ0n) is 19.6. The second kappa shape index (κ2) is 22.2. The van der Waals surface area contributed by atoms with Gasteiger partial charge in [-0.05, 0) is 44.3 Å². The highest BCUT2D eigenvalue weighted by Crippen LogP contribution is 2.22. The van der Waals surface area contributed by atoms with Gasteiger partial charge in [0, 0.05) is 18.1 Å². The molecule has 0 saturated heterocycles. The summed E-state index contributed by atoms with van der Waals surface area (Å²) < 4.78 is 0. The third-order valence-electron chi connectivity index (χ3n) is 5.42. The molecular formula is C25H46O5S. The molecular weight excluding hydrogens is 412 g/mol. The van der Waals surface area contributed by atoms with E-state index in [0.29, 0.717) is 19.3 Å². The molecule has 0 rings (SSSR count). The summed E-state index contributed by atoms with van der Waals surface area (Å²) in [5, 5.41) is 28.0. The van der Waals surface area contributed by atoms with Crippen molar-refractivity contribution in [3.8, 4) is 0 Å². The summed E-state index contributed by atoms with van der Waals surface area (Å²) in [5.74, 6) is -0.697. The van der Waals surface area contributed by atoms with Crippen molar-refractivity contribution in [2.75, 3.05) is 5.75 Å². The van der Waals surface area contributed by atoms with Gasteiger partial charge in [0.1, 0.15) is 0 Å². The van der Waals surface area contributed by atoms with E-state index in [0.717, 1.165) is 25.0 Å². The number of rotatable bonds is 23. The van der Waals surface area contributed by atoms with Crippen LogP contribution in [0.3, 0.4) is 0 Å². The maximum Gasteiger partial charge on any atom is 0.303 e. The number of carboxylic acid groups (broad SMARTS) is 2. The fourth-order valence-electron chi connectivity index (χ4n) is 3.50. The summed E-state index contributed by atoms with van der Waals surface area (Å²) in [7, 11) is 0. The molecule has 182 valence electrons. The number of allylic oxidation sites excluding steroid dienone is 1. The molecule has 2 atom stereocenters. The Bertz CT molecular complexity index is 467. The van der Waals surface area contributed by atoms with Gasteiger partial charge >= 0.3 is 11.9 Å². The summed E-state index contributed by atoms with van der Waals surface area (Å²) in [6.45, 7) is 2.24. The highest BCUT2D eigenvalue weighted by Gasteiger charge is 2.17. The number of aliphatic hydroxyl groups excluding tert-OH is 1. The molecule has 0 aliphatic heterocycles. The van der Waals surface area contributed by atoms with Crippen LogP contribution in [0.15, 0.2) is 12.2 Å². The Morgan fingerprint density at radius 1 is 0.774 bits per heavy atom. The van der Waals surface area contributed by atoms with Gasteiger partial charge in [0.25, 0.3) is 0 Å². The van der Waals surface area contributed by atoms with Crippen molar-refractivity contribution in [2.24, 2.45) is 0 Å². The third-order valence-corrected chi connectivity index (χ3v) is 6.80. The van der Waals surface area contributed by atoms with Gasteiger partial charge in [-0.15, -0.1) is 0 Å². The molecule has 31 heavy (non-hydrogen) atoms. The molecule has 5 nitrogen and oxygen atoms in total. The van der Waals surface area contributed by atoms with Crippen LogP contribution in [-0.4, -0.2) is 44.4 Å². The van der Waals surface area contributed by atoms with Crippen LogP contribution in [-0.2, 0) is 9.59 Å². The predicted molar refractivity (Wildman–Crippen MR) is 131 cm³/mol. The van der Waals surface area contributed by atoms with Crippen LogP contribution in [0.4, 0.5) is 0 Å². The third kappa shape index (κ3) is 22.0. The van der Waals surface area contributed by atoms with Crippen LogP contribution in [0.5, 0.6) is 0 Å². The molecule has 0 aliphatic carbocycles. The number of thioether (sulfide) groups is 1. The molecule has 0 radical (unpaired) electrons. The number of aliphatic hydroxyl groups is 1. The lowest BCUT2D eigenvalue weighted by Crippen LogP contribution is -2.22. The van der Waals surface area contributed by atoms with Crippen molar-refractivity contribution in [1.29, 1.82) is 0 Å². The van der Waals surface area contributed by atoms with E-state index in [1.54, 1.807) is 11.8 Å². The Kier molecular flexibility index (Phi) is 21.5. The lowest BCUT2D eigenvalue weighted by atomic mass is 10.1. The predicted octanol–water partition coefficient (Wildman–Crippen LogP) is 6.83. The minimum atomic E-state index is -0.823. The van der Waals surface area contributed by atoms with E-state index in [1.165, 1.54) is 57.8 Å². The molecule has 0 heterocycles. The summed E-state index contributed by atoms with van der Waals surface area (Å²) in [6, 6.07) is 0. The SMILES string of the molecule is CCCCCCCCCCCC=C[C@@H](SCCCCCC(=O)O)[C@@H](O)CCCC(=O)O. The van der Waals surface area contributed by atoms with E-state index in [-0.39, 0.29) is 18.1 Å². The number of unbranched alkanes of at least 4 members (excludes halogenated alkanes) is 11. The van der Waals surface area contributed by atoms with Gasteiger partial charge in [0.15, 0.2) is 0 Å². The van der Waals surface area contributed by atoms with Crippen molar-refractivity contribution < 1.29 is 24.9 Å². The van der Waals surface area contributed by atoms with Gasteiger partial charge in [0.2, 0.25) is 0 Å². The van der Waals surface area contributed by atoms with Crippen molar-refractivity contribution in [1.82, 2.24) is 0 Å². The molecule has 0 unspecified atom stereocenters. The Balaban J connectivity index is 4.11. The highest BCUT2D eigenvalue weighted by molar-refractivity contribution is 8.00. The first-order valence-corrected chi connectivity index (χ1v) is 13.4. The summed E-state index contributed by atoms with van der Waals surface area (Å²) in [5.41, 5.74) is 0. The van der Waals surface area contributed by atoms with Gasteiger partial charge in [0.05, 0.1) is 6.10 Å². The highest BCUT2D eigenvalue weighted by atomic mass is 32.2.